The van der Waals surface area contributed by atoms with E-state index in [9.17, 15) is 4.79 Å². The smallest absolute Gasteiger partial charge is 0.315 e. The molecule has 2 rings (SSSR count). The second-order valence-electron chi connectivity index (χ2n) is 4.77. The number of para-hydroxylation sites is 1. The average Bonchev–Trinajstić information content (AvgIpc) is 2.87. The Kier molecular flexibility index (Phi) is 4.57. The van der Waals surface area contributed by atoms with Crippen molar-refractivity contribution in [2.24, 2.45) is 0 Å². The summed E-state index contributed by atoms with van der Waals surface area (Å²) in [5.74, 6) is 0.710. The zero-order valence-electron chi connectivity index (χ0n) is 11.7. The van der Waals surface area contributed by atoms with E-state index in [2.05, 4.69) is 20.6 Å². The van der Waals surface area contributed by atoms with Crippen molar-refractivity contribution >= 4 is 17.1 Å². The standard InChI is InChI=1S/C14H20N4O2/c1-3-10(8-19)16-14(20)15-7-12-17-11-6-4-5-9(2)13(11)18-12/h4-6,10,19H,3,7-8H2,1-2H3,(H,17,18)(H2,15,16,20). The van der Waals surface area contributed by atoms with Crippen LogP contribution in [0.5, 0.6) is 0 Å². The number of fused-ring (bicyclic) bond motifs is 1. The highest BCUT2D eigenvalue weighted by molar-refractivity contribution is 5.78. The molecule has 0 fully saturated rings. The lowest BCUT2D eigenvalue weighted by Gasteiger charge is -2.14. The van der Waals surface area contributed by atoms with E-state index in [0.717, 1.165) is 16.6 Å². The lowest BCUT2D eigenvalue weighted by molar-refractivity contribution is 0.214. The maximum atomic E-state index is 11.7. The topological polar surface area (TPSA) is 90.0 Å². The van der Waals surface area contributed by atoms with E-state index in [1.807, 2.05) is 32.0 Å². The fraction of sp³-hybridized carbons (Fsp3) is 0.429. The van der Waals surface area contributed by atoms with Crippen LogP contribution in [-0.4, -0.2) is 33.8 Å². The zero-order valence-corrected chi connectivity index (χ0v) is 11.7. The molecule has 1 aromatic carbocycles. The summed E-state index contributed by atoms with van der Waals surface area (Å²) in [7, 11) is 0. The van der Waals surface area contributed by atoms with Crippen LogP contribution in [0.2, 0.25) is 0 Å². The molecule has 108 valence electrons. The lowest BCUT2D eigenvalue weighted by atomic mass is 10.2. The first-order valence-corrected chi connectivity index (χ1v) is 6.73. The summed E-state index contributed by atoms with van der Waals surface area (Å²) in [6, 6.07) is 5.40. The summed E-state index contributed by atoms with van der Waals surface area (Å²) in [4.78, 5) is 19.3. The molecule has 6 nitrogen and oxygen atoms in total. The normalized spacial score (nSPS) is 12.3. The van der Waals surface area contributed by atoms with Crippen molar-refractivity contribution in [2.45, 2.75) is 32.9 Å². The van der Waals surface area contributed by atoms with Crippen molar-refractivity contribution < 1.29 is 9.90 Å². The van der Waals surface area contributed by atoms with Gasteiger partial charge in [0.1, 0.15) is 5.82 Å². The zero-order chi connectivity index (χ0) is 14.5. The number of aromatic nitrogens is 2. The van der Waals surface area contributed by atoms with Gasteiger partial charge in [0.15, 0.2) is 0 Å². The number of benzene rings is 1. The summed E-state index contributed by atoms with van der Waals surface area (Å²) < 4.78 is 0. The van der Waals surface area contributed by atoms with Crippen LogP contribution in [0.3, 0.4) is 0 Å². The van der Waals surface area contributed by atoms with Gasteiger partial charge in [-0.15, -0.1) is 0 Å². The predicted octanol–water partition coefficient (Wildman–Crippen LogP) is 1.44. The van der Waals surface area contributed by atoms with Crippen LogP contribution in [0.1, 0.15) is 24.7 Å². The number of aromatic amines is 1. The van der Waals surface area contributed by atoms with Crippen LogP contribution in [0.15, 0.2) is 18.2 Å². The number of aryl methyl sites for hydroxylation is 1. The van der Waals surface area contributed by atoms with E-state index in [-0.39, 0.29) is 18.7 Å². The molecule has 4 N–H and O–H groups in total. The number of urea groups is 1. The SMILES string of the molecule is CCC(CO)NC(=O)NCc1nc2c(C)cccc2[nH]1. The molecule has 0 saturated heterocycles. The van der Waals surface area contributed by atoms with Crippen LogP contribution in [0.4, 0.5) is 4.79 Å². The van der Waals surface area contributed by atoms with Crippen LogP contribution in [0.25, 0.3) is 11.0 Å². The molecule has 0 saturated carbocycles. The van der Waals surface area contributed by atoms with Crippen molar-refractivity contribution in [1.29, 1.82) is 0 Å². The van der Waals surface area contributed by atoms with Crippen LogP contribution in [0, 0.1) is 6.92 Å². The third-order valence-corrected chi connectivity index (χ3v) is 3.23. The molecule has 0 radical (unpaired) electrons. The van der Waals surface area contributed by atoms with Crippen molar-refractivity contribution in [1.82, 2.24) is 20.6 Å². The minimum Gasteiger partial charge on any atom is -0.394 e. The molecule has 0 aliphatic rings. The fourth-order valence-electron chi connectivity index (χ4n) is 1.99. The summed E-state index contributed by atoms with van der Waals surface area (Å²) in [6.45, 7) is 4.17. The first kappa shape index (κ1) is 14.3. The number of nitrogens with one attached hydrogen (secondary N) is 3. The molecule has 6 heteroatoms. The molecule has 0 spiro atoms. The molecule has 0 bridgehead atoms. The van der Waals surface area contributed by atoms with Crippen molar-refractivity contribution in [3.8, 4) is 0 Å². The van der Waals surface area contributed by atoms with E-state index in [0.29, 0.717) is 18.8 Å². The second-order valence-corrected chi connectivity index (χ2v) is 4.77. The van der Waals surface area contributed by atoms with Gasteiger partial charge in [0.2, 0.25) is 0 Å². The average molecular weight is 276 g/mol. The number of amides is 2. The summed E-state index contributed by atoms with van der Waals surface area (Å²) in [5.41, 5.74) is 2.98. The first-order chi connectivity index (χ1) is 9.63. The molecular formula is C14H20N4O2. The number of H-pyrrole nitrogens is 1. The molecule has 20 heavy (non-hydrogen) atoms. The Morgan fingerprint density at radius 1 is 1.50 bits per heavy atom. The highest BCUT2D eigenvalue weighted by Crippen LogP contribution is 2.15. The van der Waals surface area contributed by atoms with Gasteiger partial charge in [-0.2, -0.15) is 0 Å². The van der Waals surface area contributed by atoms with Crippen molar-refractivity contribution in [2.75, 3.05) is 6.61 Å². The molecule has 0 aliphatic carbocycles. The number of hydrogen-bond donors (Lipinski definition) is 4. The number of imidazole rings is 1. The fourth-order valence-corrected chi connectivity index (χ4v) is 1.99. The highest BCUT2D eigenvalue weighted by Gasteiger charge is 2.10. The first-order valence-electron chi connectivity index (χ1n) is 6.73. The molecule has 1 heterocycles. The Morgan fingerprint density at radius 2 is 2.30 bits per heavy atom. The largest absolute Gasteiger partial charge is 0.394 e. The van der Waals surface area contributed by atoms with Gasteiger partial charge < -0.3 is 20.7 Å². The van der Waals surface area contributed by atoms with E-state index >= 15 is 0 Å². The van der Waals surface area contributed by atoms with Crippen molar-refractivity contribution in [3.05, 3.63) is 29.6 Å². The van der Waals surface area contributed by atoms with Gasteiger partial charge in [-0.1, -0.05) is 19.1 Å². The van der Waals surface area contributed by atoms with E-state index in [4.69, 9.17) is 5.11 Å². The van der Waals surface area contributed by atoms with Gasteiger partial charge >= 0.3 is 6.03 Å². The Hall–Kier alpha value is -2.08. The number of aliphatic hydroxyl groups is 1. The molecule has 1 unspecified atom stereocenters. The Bertz CT molecular complexity index is 590. The molecular weight excluding hydrogens is 256 g/mol. The monoisotopic (exact) mass is 276 g/mol. The van der Waals surface area contributed by atoms with E-state index in [1.54, 1.807) is 0 Å². The number of carbonyl (C=O) groups is 1. The van der Waals surface area contributed by atoms with Crippen LogP contribution in [-0.2, 0) is 6.54 Å². The maximum absolute atomic E-state index is 11.7. The molecule has 2 aromatic rings. The van der Waals surface area contributed by atoms with Crippen LogP contribution < -0.4 is 10.6 Å². The third-order valence-electron chi connectivity index (χ3n) is 3.23. The molecule has 1 aromatic heterocycles. The number of hydrogen-bond acceptors (Lipinski definition) is 3. The Balaban J connectivity index is 1.96. The lowest BCUT2D eigenvalue weighted by Crippen LogP contribution is -2.43. The summed E-state index contributed by atoms with van der Waals surface area (Å²) in [6.07, 6.45) is 0.688. The van der Waals surface area contributed by atoms with Gasteiger partial charge in [-0.3, -0.25) is 0 Å². The van der Waals surface area contributed by atoms with Crippen LogP contribution >= 0.6 is 0 Å². The highest BCUT2D eigenvalue weighted by atomic mass is 16.3. The quantitative estimate of drug-likeness (QED) is 0.666. The Morgan fingerprint density at radius 3 is 2.95 bits per heavy atom. The Labute approximate surface area is 117 Å². The van der Waals surface area contributed by atoms with Gasteiger partial charge in [-0.25, -0.2) is 9.78 Å². The van der Waals surface area contributed by atoms with Crippen molar-refractivity contribution in [3.63, 3.8) is 0 Å². The number of rotatable bonds is 5. The minimum absolute atomic E-state index is 0.0618. The van der Waals surface area contributed by atoms with E-state index < -0.39 is 0 Å². The second kappa shape index (κ2) is 6.38. The van der Waals surface area contributed by atoms with E-state index in [1.165, 1.54) is 0 Å². The van der Waals surface area contributed by atoms with Gasteiger partial charge in [0.05, 0.1) is 30.2 Å². The number of nitrogens with zero attached hydrogens (tertiary/aromatic N) is 1. The van der Waals surface area contributed by atoms with Gasteiger partial charge in [0, 0.05) is 0 Å². The summed E-state index contributed by atoms with van der Waals surface area (Å²) >= 11 is 0. The number of carbonyl (C=O) groups excluding carboxylic acids is 1. The molecule has 2 amide bonds. The van der Waals surface area contributed by atoms with Gasteiger partial charge in [0.25, 0.3) is 0 Å². The minimum atomic E-state index is -0.303. The molecule has 0 aliphatic heterocycles. The number of aliphatic hydroxyl groups excluding tert-OH is 1. The van der Waals surface area contributed by atoms with Gasteiger partial charge in [-0.05, 0) is 25.0 Å². The summed E-state index contributed by atoms with van der Waals surface area (Å²) in [5, 5.41) is 14.4. The molecule has 1 atom stereocenters. The third kappa shape index (κ3) is 3.27. The predicted molar refractivity (Wildman–Crippen MR) is 77.4 cm³/mol. The maximum Gasteiger partial charge on any atom is 0.315 e.